The summed E-state index contributed by atoms with van der Waals surface area (Å²) in [5.41, 5.74) is 0.339. The Labute approximate surface area is 114 Å². The molecule has 1 aliphatic rings. The van der Waals surface area contributed by atoms with Crippen molar-refractivity contribution in [3.05, 3.63) is 17.9 Å². The minimum absolute atomic E-state index is 0.0200. The van der Waals surface area contributed by atoms with Gasteiger partial charge >= 0.3 is 5.97 Å². The highest BCUT2D eigenvalue weighted by atomic mass is 16.4. The van der Waals surface area contributed by atoms with E-state index in [9.17, 15) is 4.79 Å². The van der Waals surface area contributed by atoms with Gasteiger partial charge in [0.1, 0.15) is 0 Å². The molecule has 1 atom stereocenters. The smallest absolute Gasteiger partial charge is 0.371 e. The quantitative estimate of drug-likeness (QED) is 0.887. The van der Waals surface area contributed by atoms with Crippen LogP contribution in [0.2, 0.25) is 0 Å². The van der Waals surface area contributed by atoms with Crippen LogP contribution in [-0.2, 0) is 0 Å². The van der Waals surface area contributed by atoms with Crippen LogP contribution >= 0.6 is 0 Å². The second kappa shape index (κ2) is 5.27. The number of hydrogen-bond donors (Lipinski definition) is 1. The summed E-state index contributed by atoms with van der Waals surface area (Å²) in [5, 5.41) is 8.89. The van der Waals surface area contributed by atoms with Crippen LogP contribution in [0.4, 0.5) is 5.88 Å². The van der Waals surface area contributed by atoms with Crippen molar-refractivity contribution in [1.82, 2.24) is 0 Å². The van der Waals surface area contributed by atoms with Crippen LogP contribution in [0, 0.1) is 11.3 Å². The Morgan fingerprint density at radius 2 is 2.05 bits per heavy atom. The van der Waals surface area contributed by atoms with E-state index in [0.717, 1.165) is 25.9 Å². The van der Waals surface area contributed by atoms with Crippen LogP contribution in [0.5, 0.6) is 0 Å². The molecule has 0 aromatic carbocycles. The molecule has 0 spiro atoms. The number of nitrogens with zero attached hydrogens (tertiary/aromatic N) is 1. The van der Waals surface area contributed by atoms with Crippen LogP contribution in [0.25, 0.3) is 0 Å². The highest BCUT2D eigenvalue weighted by molar-refractivity contribution is 5.84. The third-order valence-corrected chi connectivity index (χ3v) is 4.07. The molecular weight excluding hydrogens is 242 g/mol. The molecule has 0 saturated carbocycles. The number of furan rings is 1. The maximum Gasteiger partial charge on any atom is 0.371 e. The molecule has 0 amide bonds. The molecule has 1 aromatic rings. The van der Waals surface area contributed by atoms with E-state index in [-0.39, 0.29) is 5.76 Å². The largest absolute Gasteiger partial charge is 0.475 e. The maximum absolute atomic E-state index is 10.8. The standard InChI is InChI=1S/C15H23NO3/c1-15(2,3)11-5-4-9-16(10-8-11)13-7-6-12(19-13)14(17)18/h6-7,11H,4-5,8-10H2,1-3H3,(H,17,18). The Bertz CT molecular complexity index is 444. The lowest BCUT2D eigenvalue weighted by Gasteiger charge is -2.29. The van der Waals surface area contributed by atoms with Crippen LogP contribution in [-0.4, -0.2) is 24.2 Å². The molecule has 1 aromatic heterocycles. The van der Waals surface area contributed by atoms with Crippen molar-refractivity contribution in [2.24, 2.45) is 11.3 Å². The van der Waals surface area contributed by atoms with Crippen molar-refractivity contribution in [1.29, 1.82) is 0 Å². The highest BCUT2D eigenvalue weighted by Gasteiger charge is 2.27. The van der Waals surface area contributed by atoms with E-state index in [1.807, 2.05) is 0 Å². The van der Waals surface area contributed by atoms with Crippen molar-refractivity contribution in [2.45, 2.75) is 40.0 Å². The van der Waals surface area contributed by atoms with E-state index in [0.29, 0.717) is 17.2 Å². The van der Waals surface area contributed by atoms with Crippen LogP contribution in [0.3, 0.4) is 0 Å². The fraction of sp³-hybridized carbons (Fsp3) is 0.667. The van der Waals surface area contributed by atoms with E-state index in [1.165, 1.54) is 12.5 Å². The van der Waals surface area contributed by atoms with Gasteiger partial charge in [0, 0.05) is 19.2 Å². The first-order valence-electron chi connectivity index (χ1n) is 6.96. The van der Waals surface area contributed by atoms with E-state index >= 15 is 0 Å². The van der Waals surface area contributed by atoms with Crippen molar-refractivity contribution >= 4 is 11.9 Å². The Morgan fingerprint density at radius 3 is 2.63 bits per heavy atom. The molecule has 106 valence electrons. The fourth-order valence-corrected chi connectivity index (χ4v) is 2.80. The van der Waals surface area contributed by atoms with Gasteiger partial charge in [-0.25, -0.2) is 4.79 Å². The molecule has 19 heavy (non-hydrogen) atoms. The summed E-state index contributed by atoms with van der Waals surface area (Å²) in [5.74, 6) is 0.415. The van der Waals surface area contributed by atoms with Gasteiger partial charge in [0.25, 0.3) is 0 Å². The lowest BCUT2D eigenvalue weighted by Crippen LogP contribution is -2.25. The molecule has 0 aliphatic carbocycles. The van der Waals surface area contributed by atoms with Gasteiger partial charge in [-0.05, 0) is 36.7 Å². The SMILES string of the molecule is CC(C)(C)C1CCCN(c2ccc(C(=O)O)o2)CC1. The zero-order valence-electron chi connectivity index (χ0n) is 12.0. The zero-order chi connectivity index (χ0) is 14.0. The molecule has 1 N–H and O–H groups in total. The number of aromatic carboxylic acids is 1. The molecule has 0 radical (unpaired) electrons. The number of anilines is 1. The summed E-state index contributed by atoms with van der Waals surface area (Å²) in [4.78, 5) is 13.0. The molecule has 2 rings (SSSR count). The number of carboxylic acids is 1. The molecule has 2 heterocycles. The minimum atomic E-state index is -1.01. The molecule has 1 fully saturated rings. The van der Waals surface area contributed by atoms with Gasteiger partial charge in [0.05, 0.1) is 0 Å². The number of rotatable bonds is 2. The Kier molecular flexibility index (Phi) is 3.88. The third-order valence-electron chi connectivity index (χ3n) is 4.07. The Hall–Kier alpha value is -1.45. The average molecular weight is 265 g/mol. The third kappa shape index (κ3) is 3.31. The molecule has 0 bridgehead atoms. The number of carbonyl (C=O) groups is 1. The maximum atomic E-state index is 10.8. The molecule has 4 heteroatoms. The summed E-state index contributed by atoms with van der Waals surface area (Å²) in [7, 11) is 0. The van der Waals surface area contributed by atoms with Gasteiger partial charge in [-0.2, -0.15) is 0 Å². The normalized spacial score (nSPS) is 21.2. The van der Waals surface area contributed by atoms with Gasteiger partial charge < -0.3 is 14.4 Å². The first-order valence-corrected chi connectivity index (χ1v) is 6.96. The summed E-state index contributed by atoms with van der Waals surface area (Å²) < 4.78 is 5.39. The first-order chi connectivity index (χ1) is 8.88. The van der Waals surface area contributed by atoms with E-state index in [1.54, 1.807) is 6.07 Å². The van der Waals surface area contributed by atoms with Gasteiger partial charge in [0.2, 0.25) is 5.76 Å². The van der Waals surface area contributed by atoms with Crippen LogP contribution in [0.1, 0.15) is 50.6 Å². The average Bonchev–Trinajstić information content (AvgIpc) is 2.66. The second-order valence-electron chi connectivity index (χ2n) is 6.42. The highest BCUT2D eigenvalue weighted by Crippen LogP contribution is 2.35. The van der Waals surface area contributed by atoms with Gasteiger partial charge in [0.15, 0.2) is 5.88 Å². The molecule has 1 saturated heterocycles. The topological polar surface area (TPSA) is 53.7 Å². The predicted molar refractivity (Wildman–Crippen MR) is 74.7 cm³/mol. The summed E-state index contributed by atoms with van der Waals surface area (Å²) >= 11 is 0. The lowest BCUT2D eigenvalue weighted by atomic mass is 9.77. The van der Waals surface area contributed by atoms with Gasteiger partial charge in [-0.3, -0.25) is 0 Å². The van der Waals surface area contributed by atoms with Crippen molar-refractivity contribution in [3.63, 3.8) is 0 Å². The number of hydrogen-bond acceptors (Lipinski definition) is 3. The van der Waals surface area contributed by atoms with Crippen molar-refractivity contribution in [2.75, 3.05) is 18.0 Å². The van der Waals surface area contributed by atoms with Crippen LogP contribution < -0.4 is 4.90 Å². The molecular formula is C15H23NO3. The van der Waals surface area contributed by atoms with Gasteiger partial charge in [-0.1, -0.05) is 20.8 Å². The Balaban J connectivity index is 2.04. The molecule has 4 nitrogen and oxygen atoms in total. The first kappa shape index (κ1) is 14.0. The van der Waals surface area contributed by atoms with Gasteiger partial charge in [-0.15, -0.1) is 0 Å². The second-order valence-corrected chi connectivity index (χ2v) is 6.42. The molecule has 1 unspecified atom stereocenters. The summed E-state index contributed by atoms with van der Waals surface area (Å²) in [6, 6.07) is 3.30. The lowest BCUT2D eigenvalue weighted by molar-refractivity contribution is 0.0663. The fourth-order valence-electron chi connectivity index (χ4n) is 2.80. The predicted octanol–water partition coefficient (Wildman–Crippen LogP) is 3.63. The monoisotopic (exact) mass is 265 g/mol. The molecule has 1 aliphatic heterocycles. The summed E-state index contributed by atoms with van der Waals surface area (Å²) in [6.07, 6.45) is 3.49. The van der Waals surface area contributed by atoms with E-state index in [4.69, 9.17) is 9.52 Å². The van der Waals surface area contributed by atoms with Crippen molar-refractivity contribution < 1.29 is 14.3 Å². The van der Waals surface area contributed by atoms with Crippen LogP contribution in [0.15, 0.2) is 16.5 Å². The Morgan fingerprint density at radius 1 is 1.32 bits per heavy atom. The summed E-state index contributed by atoms with van der Waals surface area (Å²) in [6.45, 7) is 8.77. The van der Waals surface area contributed by atoms with E-state index < -0.39 is 5.97 Å². The van der Waals surface area contributed by atoms with Crippen molar-refractivity contribution in [3.8, 4) is 0 Å². The number of carboxylic acid groups (broad SMARTS) is 1. The van der Waals surface area contributed by atoms with E-state index in [2.05, 4.69) is 25.7 Å². The minimum Gasteiger partial charge on any atom is -0.475 e. The zero-order valence-corrected chi connectivity index (χ0v) is 12.0.